The fourth-order valence-corrected chi connectivity index (χ4v) is 1.86. The second-order valence-corrected chi connectivity index (χ2v) is 3.84. The van der Waals surface area contributed by atoms with Gasteiger partial charge in [0.25, 0.3) is 0 Å². The van der Waals surface area contributed by atoms with Crippen LogP contribution in [0.2, 0.25) is 0 Å². The number of hydrogen-bond donors (Lipinski definition) is 1. The topological polar surface area (TPSA) is 41.1 Å². The highest BCUT2D eigenvalue weighted by Crippen LogP contribution is 2.07. The molecule has 0 saturated carbocycles. The van der Waals surface area contributed by atoms with E-state index in [9.17, 15) is 0 Å². The molecule has 0 unspecified atom stereocenters. The lowest BCUT2D eigenvalue weighted by Crippen LogP contribution is -2.22. The Hall–Kier alpha value is -1.16. The van der Waals surface area contributed by atoms with E-state index in [1.54, 1.807) is 12.3 Å². The molecule has 1 aliphatic rings. The molecule has 1 saturated heterocycles. The highest BCUT2D eigenvalue weighted by molar-refractivity contribution is 5.21. The third-order valence-electron chi connectivity index (χ3n) is 2.65. The largest absolute Gasteiger partial charge is 0.354 e. The van der Waals surface area contributed by atoms with Crippen molar-refractivity contribution in [3.63, 3.8) is 0 Å². The maximum Gasteiger partial charge on any atom is 0.223 e. The zero-order valence-electron chi connectivity index (χ0n) is 8.95. The average Bonchev–Trinajstić information content (AvgIpc) is 2.79. The van der Waals surface area contributed by atoms with E-state index in [4.69, 9.17) is 0 Å². The second-order valence-electron chi connectivity index (χ2n) is 3.84. The van der Waals surface area contributed by atoms with Crippen molar-refractivity contribution in [2.75, 3.05) is 31.5 Å². The molecular weight excluding hydrogens is 188 g/mol. The van der Waals surface area contributed by atoms with Crippen molar-refractivity contribution in [1.29, 1.82) is 0 Å². The maximum absolute atomic E-state index is 4.08. The van der Waals surface area contributed by atoms with Gasteiger partial charge in [-0.25, -0.2) is 9.97 Å². The maximum atomic E-state index is 4.08. The minimum Gasteiger partial charge on any atom is -0.354 e. The van der Waals surface area contributed by atoms with Crippen molar-refractivity contribution < 1.29 is 0 Å². The van der Waals surface area contributed by atoms with Gasteiger partial charge in [0.15, 0.2) is 0 Å². The predicted octanol–water partition coefficient (Wildman–Crippen LogP) is 1.17. The summed E-state index contributed by atoms with van der Waals surface area (Å²) in [5.74, 6) is 0.680. The molecule has 1 aliphatic heterocycles. The summed E-state index contributed by atoms with van der Waals surface area (Å²) in [6, 6.07) is 1.70. The van der Waals surface area contributed by atoms with Gasteiger partial charge in [0, 0.05) is 12.7 Å². The van der Waals surface area contributed by atoms with E-state index in [1.807, 2.05) is 0 Å². The Morgan fingerprint density at radius 1 is 1.40 bits per heavy atom. The minimum absolute atomic E-state index is 0.680. The van der Waals surface area contributed by atoms with E-state index >= 15 is 0 Å². The summed E-state index contributed by atoms with van der Waals surface area (Å²) in [4.78, 5) is 10.6. The van der Waals surface area contributed by atoms with Crippen molar-refractivity contribution >= 4 is 5.95 Å². The molecular formula is C11H17N4. The Bertz CT molecular complexity index is 269. The first-order valence-electron chi connectivity index (χ1n) is 5.60. The van der Waals surface area contributed by atoms with Gasteiger partial charge in [0.05, 0.1) is 6.20 Å². The van der Waals surface area contributed by atoms with E-state index in [-0.39, 0.29) is 0 Å². The van der Waals surface area contributed by atoms with Crippen molar-refractivity contribution in [3.8, 4) is 0 Å². The lowest BCUT2D eigenvalue weighted by molar-refractivity contribution is 0.337. The molecule has 0 aromatic carbocycles. The molecule has 2 heterocycles. The summed E-state index contributed by atoms with van der Waals surface area (Å²) in [6.45, 7) is 4.67. The molecule has 2 rings (SSSR count). The van der Waals surface area contributed by atoms with Gasteiger partial charge in [-0.3, -0.25) is 0 Å². The molecule has 4 nitrogen and oxygen atoms in total. The average molecular weight is 205 g/mol. The van der Waals surface area contributed by atoms with E-state index in [0.29, 0.717) is 5.95 Å². The van der Waals surface area contributed by atoms with Gasteiger partial charge in [-0.1, -0.05) is 0 Å². The highest BCUT2D eigenvalue weighted by Gasteiger charge is 2.09. The van der Waals surface area contributed by atoms with Crippen molar-refractivity contribution in [3.05, 3.63) is 18.5 Å². The fourth-order valence-electron chi connectivity index (χ4n) is 1.86. The third-order valence-corrected chi connectivity index (χ3v) is 2.65. The van der Waals surface area contributed by atoms with Crippen LogP contribution in [0, 0.1) is 6.20 Å². The molecule has 4 heteroatoms. The Labute approximate surface area is 90.7 Å². The first-order valence-corrected chi connectivity index (χ1v) is 5.60. The fraction of sp³-hybridized carbons (Fsp3) is 0.636. The third kappa shape index (κ3) is 3.47. The summed E-state index contributed by atoms with van der Waals surface area (Å²) in [6.07, 6.45) is 8.34. The van der Waals surface area contributed by atoms with Crippen LogP contribution in [0.25, 0.3) is 0 Å². The standard InChI is InChI=1S/C11H17N4/c1-2-9-15(8-1)10-4-7-14-11-12-5-3-6-13-11/h3,5H,1-2,4,7-10H2,(H,12,13,14). The molecule has 0 bridgehead atoms. The Morgan fingerprint density at radius 3 is 3.00 bits per heavy atom. The zero-order chi connectivity index (χ0) is 10.3. The second kappa shape index (κ2) is 5.66. The smallest absolute Gasteiger partial charge is 0.223 e. The highest BCUT2D eigenvalue weighted by atomic mass is 15.1. The summed E-state index contributed by atoms with van der Waals surface area (Å²) in [7, 11) is 0. The molecule has 0 spiro atoms. The first-order chi connectivity index (χ1) is 7.45. The van der Waals surface area contributed by atoms with Gasteiger partial charge < -0.3 is 10.2 Å². The van der Waals surface area contributed by atoms with Gasteiger partial charge in [-0.15, -0.1) is 0 Å². The number of nitrogens with one attached hydrogen (secondary N) is 1. The lowest BCUT2D eigenvalue weighted by Gasteiger charge is -2.13. The summed E-state index contributed by atoms with van der Waals surface area (Å²) >= 11 is 0. The van der Waals surface area contributed by atoms with E-state index in [2.05, 4.69) is 26.4 Å². The summed E-state index contributed by atoms with van der Waals surface area (Å²) in [5, 5.41) is 3.19. The molecule has 1 fully saturated rings. The van der Waals surface area contributed by atoms with Crippen LogP contribution in [0.1, 0.15) is 19.3 Å². The van der Waals surface area contributed by atoms with E-state index in [0.717, 1.165) is 13.0 Å². The summed E-state index contributed by atoms with van der Waals surface area (Å²) in [5.41, 5.74) is 0. The molecule has 1 aromatic rings. The Morgan fingerprint density at radius 2 is 2.27 bits per heavy atom. The SMILES string of the molecule is [c]1ccnc(NCCCN2CCCC2)n1. The molecule has 0 aliphatic carbocycles. The van der Waals surface area contributed by atoms with Crippen molar-refractivity contribution in [2.45, 2.75) is 19.3 Å². The Balaban J connectivity index is 1.59. The number of anilines is 1. The lowest BCUT2D eigenvalue weighted by atomic mass is 10.4. The van der Waals surface area contributed by atoms with Crippen LogP contribution in [0.15, 0.2) is 12.3 Å². The normalized spacial score (nSPS) is 16.8. The number of likely N-dealkylation sites (tertiary alicyclic amines) is 1. The quantitative estimate of drug-likeness (QED) is 0.733. The van der Waals surface area contributed by atoms with Crippen molar-refractivity contribution in [1.82, 2.24) is 14.9 Å². The van der Waals surface area contributed by atoms with Crippen LogP contribution in [-0.4, -0.2) is 41.0 Å². The number of hydrogen-bond acceptors (Lipinski definition) is 4. The van der Waals surface area contributed by atoms with Crippen LogP contribution in [-0.2, 0) is 0 Å². The van der Waals surface area contributed by atoms with Crippen molar-refractivity contribution in [2.24, 2.45) is 0 Å². The Kier molecular flexibility index (Phi) is 3.91. The predicted molar refractivity (Wildman–Crippen MR) is 59.6 cm³/mol. The van der Waals surface area contributed by atoms with E-state index < -0.39 is 0 Å². The molecule has 1 N–H and O–H groups in total. The van der Waals surface area contributed by atoms with Crippen LogP contribution >= 0.6 is 0 Å². The van der Waals surface area contributed by atoms with Crippen LogP contribution in [0.5, 0.6) is 0 Å². The van der Waals surface area contributed by atoms with Crippen LogP contribution in [0.4, 0.5) is 5.95 Å². The van der Waals surface area contributed by atoms with Gasteiger partial charge in [0.1, 0.15) is 0 Å². The minimum atomic E-state index is 0.680. The molecule has 1 radical (unpaired) electrons. The number of nitrogens with zero attached hydrogens (tertiary/aromatic N) is 3. The molecule has 15 heavy (non-hydrogen) atoms. The first kappa shape index (κ1) is 10.4. The van der Waals surface area contributed by atoms with E-state index in [1.165, 1.54) is 32.5 Å². The van der Waals surface area contributed by atoms with Gasteiger partial charge in [0.2, 0.25) is 5.95 Å². The van der Waals surface area contributed by atoms with Crippen LogP contribution in [0.3, 0.4) is 0 Å². The zero-order valence-corrected chi connectivity index (χ0v) is 8.95. The monoisotopic (exact) mass is 205 g/mol. The molecule has 1 aromatic heterocycles. The van der Waals surface area contributed by atoms with Gasteiger partial charge >= 0.3 is 0 Å². The number of aromatic nitrogens is 2. The molecule has 0 amide bonds. The van der Waals surface area contributed by atoms with Gasteiger partial charge in [-0.2, -0.15) is 0 Å². The number of rotatable bonds is 5. The van der Waals surface area contributed by atoms with Gasteiger partial charge in [-0.05, 0) is 45.0 Å². The molecule has 81 valence electrons. The molecule has 0 atom stereocenters. The van der Waals surface area contributed by atoms with Crippen LogP contribution < -0.4 is 5.32 Å². The summed E-state index contributed by atoms with van der Waals surface area (Å²) < 4.78 is 0.